The van der Waals surface area contributed by atoms with Crippen molar-refractivity contribution in [2.75, 3.05) is 14.1 Å². The molecule has 2 aliphatic heterocycles. The third-order valence-corrected chi connectivity index (χ3v) is 6.60. The van der Waals surface area contributed by atoms with Gasteiger partial charge in [0.1, 0.15) is 4.99 Å². The molecule has 2 rings (SSSR count). The summed E-state index contributed by atoms with van der Waals surface area (Å²) in [6.07, 6.45) is 2.19. The number of rotatable bonds is 1. The maximum atomic E-state index is 5.46. The molecule has 0 aromatic heterocycles. The molecule has 0 saturated carbocycles. The van der Waals surface area contributed by atoms with Crippen molar-refractivity contribution in [3.63, 3.8) is 0 Å². The van der Waals surface area contributed by atoms with Gasteiger partial charge in [-0.3, -0.25) is 0 Å². The highest BCUT2D eigenvalue weighted by atomic mass is 33.1. The zero-order valence-corrected chi connectivity index (χ0v) is 13.1. The average Bonchev–Trinajstić information content (AvgIpc) is 2.72. The molecule has 94 valence electrons. The highest BCUT2D eigenvalue weighted by Gasteiger charge is 2.34. The van der Waals surface area contributed by atoms with Gasteiger partial charge in [0.15, 0.2) is 5.71 Å². The molecule has 0 amide bonds. The van der Waals surface area contributed by atoms with E-state index in [9.17, 15) is 0 Å². The lowest BCUT2D eigenvalue weighted by atomic mass is 9.95. The molecule has 1 atom stereocenters. The molecule has 0 N–H and O–H groups in total. The average molecular weight is 288 g/mol. The summed E-state index contributed by atoms with van der Waals surface area (Å²) in [6, 6.07) is 0. The first-order valence-corrected chi connectivity index (χ1v) is 8.19. The molecular weight excluding hydrogens is 272 g/mol. The van der Waals surface area contributed by atoms with E-state index in [1.165, 1.54) is 4.91 Å². The fraction of sp³-hybridized carbons (Fsp3) is 0.545. The van der Waals surface area contributed by atoms with Gasteiger partial charge in [-0.2, -0.15) is 0 Å². The Bertz CT molecular complexity index is 470. The molecule has 17 heavy (non-hydrogen) atoms. The van der Waals surface area contributed by atoms with E-state index in [0.717, 1.165) is 15.6 Å². The number of hydrogen-bond donors (Lipinski definition) is 0. The summed E-state index contributed by atoms with van der Waals surface area (Å²) in [5.41, 5.74) is 0.975. The molecule has 0 aromatic carbocycles. The van der Waals surface area contributed by atoms with Crippen LogP contribution in [0.5, 0.6) is 0 Å². The van der Waals surface area contributed by atoms with Crippen LogP contribution in [0.4, 0.5) is 0 Å². The Labute approximate surface area is 114 Å². The molecule has 0 aromatic rings. The van der Waals surface area contributed by atoms with Crippen molar-refractivity contribution in [3.05, 3.63) is 11.0 Å². The molecule has 0 aliphatic carbocycles. The summed E-state index contributed by atoms with van der Waals surface area (Å²) < 4.78 is 5.46. The number of nitrogens with zero attached hydrogens (tertiary/aromatic N) is 2. The molecule has 0 bridgehead atoms. The topological polar surface area (TPSA) is 24.8 Å². The van der Waals surface area contributed by atoms with Gasteiger partial charge in [0.2, 0.25) is 0 Å². The largest absolute Gasteiger partial charge is 0.367 e. The lowest BCUT2D eigenvalue weighted by molar-refractivity contribution is 0.415. The monoisotopic (exact) mass is 288 g/mol. The second-order valence-electron chi connectivity index (χ2n) is 5.15. The Hall–Kier alpha value is -0.330. The van der Waals surface area contributed by atoms with E-state index in [1.807, 2.05) is 19.0 Å². The molecule has 0 fully saturated rings. The van der Waals surface area contributed by atoms with E-state index in [-0.39, 0.29) is 15.2 Å². The Kier molecular flexibility index (Phi) is 3.40. The third-order valence-electron chi connectivity index (χ3n) is 2.38. The lowest BCUT2D eigenvalue weighted by Gasteiger charge is -2.19. The van der Waals surface area contributed by atoms with Gasteiger partial charge in [0.05, 0.1) is 14.7 Å². The van der Waals surface area contributed by atoms with E-state index >= 15 is 0 Å². The van der Waals surface area contributed by atoms with Crippen molar-refractivity contribution in [1.82, 2.24) is 4.90 Å². The SMILES string of the molecule is CN(C)C(=S)C1=NOS2=C1C=C(C(C)(C)C)S2. The standard InChI is InChI=1S/C11H16N2OS3/c1-11(2,3)8-6-7-9(10(15)13(4)5)12-14-17(7)16-8/h6H,1-5H3. The Morgan fingerprint density at radius 2 is 2.12 bits per heavy atom. The molecule has 2 aliphatic rings. The second-order valence-corrected chi connectivity index (χ2v) is 8.61. The minimum absolute atomic E-state index is 0.156. The Balaban J connectivity index is 2.27. The van der Waals surface area contributed by atoms with Gasteiger partial charge in [-0.1, -0.05) is 38.1 Å². The van der Waals surface area contributed by atoms with E-state index in [1.54, 1.807) is 10.8 Å². The summed E-state index contributed by atoms with van der Waals surface area (Å²) >= 11 is 5.35. The van der Waals surface area contributed by atoms with Crippen LogP contribution in [-0.2, 0) is 4.28 Å². The zero-order valence-electron chi connectivity index (χ0n) is 10.6. The molecule has 3 nitrogen and oxygen atoms in total. The number of allylic oxidation sites excluding steroid dienone is 2. The number of oxime groups is 1. The molecule has 0 radical (unpaired) electrons. The highest BCUT2D eigenvalue weighted by Crippen LogP contribution is 2.53. The molecule has 1 unspecified atom stereocenters. The fourth-order valence-electron chi connectivity index (χ4n) is 1.33. The molecule has 2 heterocycles. The van der Waals surface area contributed by atoms with E-state index in [4.69, 9.17) is 16.5 Å². The van der Waals surface area contributed by atoms with Crippen molar-refractivity contribution >= 4 is 48.4 Å². The lowest BCUT2D eigenvalue weighted by Crippen LogP contribution is -2.31. The molecule has 6 heteroatoms. The van der Waals surface area contributed by atoms with Gasteiger partial charge in [-0.25, -0.2) is 0 Å². The molecular formula is C11H16N2OS3. The normalized spacial score (nSPS) is 22.9. The molecule has 0 saturated heterocycles. The smallest absolute Gasteiger partial charge is 0.155 e. The summed E-state index contributed by atoms with van der Waals surface area (Å²) in [5, 5.41) is 4.10. The summed E-state index contributed by atoms with van der Waals surface area (Å²) in [7, 11) is 5.33. The predicted molar refractivity (Wildman–Crippen MR) is 82.5 cm³/mol. The second kappa shape index (κ2) is 4.40. The Morgan fingerprint density at radius 3 is 2.65 bits per heavy atom. The van der Waals surface area contributed by atoms with Crippen LogP contribution in [0.2, 0.25) is 0 Å². The maximum absolute atomic E-state index is 5.46. The summed E-state index contributed by atoms with van der Waals surface area (Å²) in [6.45, 7) is 6.62. The first-order chi connectivity index (χ1) is 7.80. The van der Waals surface area contributed by atoms with Crippen LogP contribution in [0, 0.1) is 5.41 Å². The maximum Gasteiger partial charge on any atom is 0.155 e. The van der Waals surface area contributed by atoms with Gasteiger partial charge in [-0.15, -0.1) is 0 Å². The number of thiocarbonyl (C=S) groups is 1. The minimum atomic E-state index is -0.289. The van der Waals surface area contributed by atoms with Crippen LogP contribution in [0.15, 0.2) is 16.1 Å². The van der Waals surface area contributed by atoms with Crippen molar-refractivity contribution in [3.8, 4) is 0 Å². The van der Waals surface area contributed by atoms with E-state index < -0.39 is 0 Å². The molecule has 0 spiro atoms. The minimum Gasteiger partial charge on any atom is -0.367 e. The van der Waals surface area contributed by atoms with Crippen LogP contribution < -0.4 is 0 Å². The van der Waals surface area contributed by atoms with Crippen LogP contribution in [0.25, 0.3) is 0 Å². The number of hydrogen-bond acceptors (Lipinski definition) is 4. The van der Waals surface area contributed by atoms with Gasteiger partial charge in [0.25, 0.3) is 0 Å². The van der Waals surface area contributed by atoms with Gasteiger partial charge in [-0.05, 0) is 22.3 Å². The third kappa shape index (κ3) is 2.44. The summed E-state index contributed by atoms with van der Waals surface area (Å²) in [5.74, 6) is 0. The van der Waals surface area contributed by atoms with E-state index in [2.05, 4.69) is 32.0 Å². The summed E-state index contributed by atoms with van der Waals surface area (Å²) in [4.78, 5) is 5.11. The first kappa shape index (κ1) is 13.1. The van der Waals surface area contributed by atoms with Crippen LogP contribution in [-0.4, -0.2) is 34.6 Å². The predicted octanol–water partition coefficient (Wildman–Crippen LogP) is 3.21. The fourth-order valence-corrected chi connectivity index (χ4v) is 5.26. The van der Waals surface area contributed by atoms with Gasteiger partial charge < -0.3 is 9.18 Å². The van der Waals surface area contributed by atoms with Crippen LogP contribution >= 0.6 is 32.8 Å². The highest BCUT2D eigenvalue weighted by molar-refractivity contribution is 8.84. The Morgan fingerprint density at radius 1 is 1.47 bits per heavy atom. The first-order valence-electron chi connectivity index (χ1n) is 5.30. The van der Waals surface area contributed by atoms with Crippen molar-refractivity contribution in [1.29, 1.82) is 0 Å². The van der Waals surface area contributed by atoms with Crippen LogP contribution in [0.3, 0.4) is 0 Å². The quantitative estimate of drug-likeness (QED) is 0.546. The van der Waals surface area contributed by atoms with Gasteiger partial charge in [0, 0.05) is 19.0 Å². The van der Waals surface area contributed by atoms with Crippen molar-refractivity contribution in [2.24, 2.45) is 10.6 Å². The zero-order chi connectivity index (χ0) is 12.8. The van der Waals surface area contributed by atoms with Gasteiger partial charge >= 0.3 is 0 Å². The van der Waals surface area contributed by atoms with Crippen LogP contribution in [0.1, 0.15) is 20.8 Å². The van der Waals surface area contributed by atoms with E-state index in [0.29, 0.717) is 0 Å². The van der Waals surface area contributed by atoms with Crippen molar-refractivity contribution in [2.45, 2.75) is 20.8 Å². The van der Waals surface area contributed by atoms with Crippen molar-refractivity contribution < 1.29 is 4.28 Å².